The molecule has 0 spiro atoms. The Bertz CT molecular complexity index is 159. The van der Waals surface area contributed by atoms with Gasteiger partial charge in [0.1, 0.15) is 0 Å². The average Bonchev–Trinajstić information content (AvgIpc) is 2.49. The number of nitrogens with one attached hydrogen (secondary N) is 1. The molecule has 1 aliphatic heterocycles. The van der Waals surface area contributed by atoms with Gasteiger partial charge in [-0.05, 0) is 58.8 Å². The highest BCUT2D eigenvalue weighted by molar-refractivity contribution is 4.71. The normalized spacial score (nSPS) is 23.2. The Balaban J connectivity index is 2.01. The Morgan fingerprint density at radius 3 is 2.81 bits per heavy atom. The van der Waals surface area contributed by atoms with E-state index in [1.807, 2.05) is 0 Å². The molecule has 1 fully saturated rings. The smallest absolute Gasteiger partial charge is 0.00669 e. The van der Waals surface area contributed by atoms with E-state index < -0.39 is 0 Å². The minimum atomic E-state index is 0.830. The van der Waals surface area contributed by atoms with Crippen LogP contribution in [0.15, 0.2) is 0 Å². The first-order chi connectivity index (χ1) is 7.84. The van der Waals surface area contributed by atoms with Gasteiger partial charge in [-0.2, -0.15) is 0 Å². The van der Waals surface area contributed by atoms with Crippen LogP contribution in [0.5, 0.6) is 0 Å². The number of nitrogens with zero attached hydrogens (tertiary/aromatic N) is 1. The molecule has 16 heavy (non-hydrogen) atoms. The molecule has 0 aromatic carbocycles. The minimum Gasteiger partial charge on any atom is -0.317 e. The fourth-order valence-electron chi connectivity index (χ4n) is 2.59. The van der Waals surface area contributed by atoms with E-state index >= 15 is 0 Å². The molecule has 1 heterocycles. The molecule has 96 valence electrons. The summed E-state index contributed by atoms with van der Waals surface area (Å²) in [6.45, 7) is 9.57. The lowest BCUT2D eigenvalue weighted by atomic mass is 10.1. The number of hydrogen-bond donors (Lipinski definition) is 1. The van der Waals surface area contributed by atoms with Gasteiger partial charge in [0.05, 0.1) is 0 Å². The molecule has 0 aromatic heterocycles. The Morgan fingerprint density at radius 2 is 2.00 bits per heavy atom. The second kappa shape index (κ2) is 9.00. The van der Waals surface area contributed by atoms with E-state index in [4.69, 9.17) is 0 Å². The molecular weight excluding hydrogens is 196 g/mol. The van der Waals surface area contributed by atoms with Crippen molar-refractivity contribution >= 4 is 0 Å². The van der Waals surface area contributed by atoms with Crippen LogP contribution in [-0.2, 0) is 0 Å². The van der Waals surface area contributed by atoms with E-state index in [-0.39, 0.29) is 0 Å². The zero-order chi connectivity index (χ0) is 11.6. The molecular formula is C14H30N2. The van der Waals surface area contributed by atoms with Gasteiger partial charge in [-0.3, -0.25) is 0 Å². The van der Waals surface area contributed by atoms with Gasteiger partial charge in [0.2, 0.25) is 0 Å². The fraction of sp³-hybridized carbons (Fsp3) is 1.00. The van der Waals surface area contributed by atoms with E-state index in [0.717, 1.165) is 12.6 Å². The third-order valence-electron chi connectivity index (χ3n) is 3.74. The first-order valence-corrected chi connectivity index (χ1v) is 7.29. The first-order valence-electron chi connectivity index (χ1n) is 7.29. The maximum Gasteiger partial charge on any atom is 0.00669 e. The predicted molar refractivity (Wildman–Crippen MR) is 71.9 cm³/mol. The molecule has 1 rings (SSSR count). The molecule has 0 radical (unpaired) electrons. The standard InChI is InChI=1S/C14H30N2/c1-3-15-11-7-5-9-13-16-12-8-4-6-10-14(16)2/h14-15H,3-13H2,1-2H3. The summed E-state index contributed by atoms with van der Waals surface area (Å²) < 4.78 is 0. The zero-order valence-corrected chi connectivity index (χ0v) is 11.3. The summed E-state index contributed by atoms with van der Waals surface area (Å²) in [5.74, 6) is 0. The van der Waals surface area contributed by atoms with Crippen molar-refractivity contribution in [3.8, 4) is 0 Å². The molecule has 2 nitrogen and oxygen atoms in total. The number of unbranched alkanes of at least 4 members (excludes halogenated alkanes) is 2. The summed E-state index contributed by atoms with van der Waals surface area (Å²) >= 11 is 0. The minimum absolute atomic E-state index is 0.830. The van der Waals surface area contributed by atoms with Crippen LogP contribution in [0.1, 0.15) is 58.8 Å². The summed E-state index contributed by atoms with van der Waals surface area (Å²) in [7, 11) is 0. The molecule has 1 atom stereocenters. The molecule has 0 amide bonds. The van der Waals surface area contributed by atoms with Crippen LogP contribution in [0, 0.1) is 0 Å². The highest BCUT2D eigenvalue weighted by atomic mass is 15.1. The number of rotatable bonds is 7. The Morgan fingerprint density at radius 1 is 1.12 bits per heavy atom. The maximum atomic E-state index is 3.39. The van der Waals surface area contributed by atoms with E-state index in [0.29, 0.717) is 0 Å². The largest absolute Gasteiger partial charge is 0.317 e. The van der Waals surface area contributed by atoms with Gasteiger partial charge in [0, 0.05) is 6.04 Å². The molecule has 0 aromatic rings. The Kier molecular flexibility index (Phi) is 7.87. The molecule has 2 heteroatoms. The third kappa shape index (κ3) is 5.86. The van der Waals surface area contributed by atoms with Crippen molar-refractivity contribution in [3.05, 3.63) is 0 Å². The molecule has 0 bridgehead atoms. The van der Waals surface area contributed by atoms with E-state index in [1.165, 1.54) is 64.6 Å². The lowest BCUT2D eigenvalue weighted by molar-refractivity contribution is 0.209. The van der Waals surface area contributed by atoms with Gasteiger partial charge in [0.15, 0.2) is 0 Å². The Labute approximate surface area is 102 Å². The molecule has 1 saturated heterocycles. The lowest BCUT2D eigenvalue weighted by Gasteiger charge is -2.26. The number of hydrogen-bond acceptors (Lipinski definition) is 2. The van der Waals surface area contributed by atoms with Gasteiger partial charge >= 0.3 is 0 Å². The highest BCUT2D eigenvalue weighted by Crippen LogP contribution is 2.16. The summed E-state index contributed by atoms with van der Waals surface area (Å²) in [6.07, 6.45) is 9.83. The molecule has 0 aliphatic carbocycles. The topological polar surface area (TPSA) is 15.3 Å². The van der Waals surface area contributed by atoms with Crippen LogP contribution in [-0.4, -0.2) is 37.1 Å². The predicted octanol–water partition coefficient (Wildman–Crippen LogP) is 3.03. The maximum absolute atomic E-state index is 3.39. The van der Waals surface area contributed by atoms with Crippen molar-refractivity contribution < 1.29 is 0 Å². The van der Waals surface area contributed by atoms with Crippen molar-refractivity contribution in [1.82, 2.24) is 10.2 Å². The van der Waals surface area contributed by atoms with Crippen LogP contribution >= 0.6 is 0 Å². The molecule has 1 aliphatic rings. The van der Waals surface area contributed by atoms with Crippen molar-refractivity contribution in [2.75, 3.05) is 26.2 Å². The summed E-state index contributed by atoms with van der Waals surface area (Å²) in [4.78, 5) is 2.71. The molecule has 0 saturated carbocycles. The quantitative estimate of drug-likeness (QED) is 0.671. The van der Waals surface area contributed by atoms with E-state index in [2.05, 4.69) is 24.1 Å². The summed E-state index contributed by atoms with van der Waals surface area (Å²) in [6, 6.07) is 0.830. The second-order valence-corrected chi connectivity index (χ2v) is 5.15. The van der Waals surface area contributed by atoms with Gasteiger partial charge in [0.25, 0.3) is 0 Å². The van der Waals surface area contributed by atoms with Crippen LogP contribution < -0.4 is 5.32 Å². The third-order valence-corrected chi connectivity index (χ3v) is 3.74. The van der Waals surface area contributed by atoms with Crippen LogP contribution in [0.3, 0.4) is 0 Å². The van der Waals surface area contributed by atoms with Gasteiger partial charge in [-0.25, -0.2) is 0 Å². The van der Waals surface area contributed by atoms with Crippen LogP contribution in [0.4, 0.5) is 0 Å². The average molecular weight is 226 g/mol. The van der Waals surface area contributed by atoms with E-state index in [1.54, 1.807) is 0 Å². The summed E-state index contributed by atoms with van der Waals surface area (Å²) in [5, 5.41) is 3.39. The SMILES string of the molecule is CCNCCCCCN1CCCCCC1C. The molecule has 1 N–H and O–H groups in total. The van der Waals surface area contributed by atoms with E-state index in [9.17, 15) is 0 Å². The fourth-order valence-corrected chi connectivity index (χ4v) is 2.59. The van der Waals surface area contributed by atoms with Crippen molar-refractivity contribution in [2.24, 2.45) is 0 Å². The lowest BCUT2D eigenvalue weighted by Crippen LogP contribution is -2.33. The van der Waals surface area contributed by atoms with Crippen molar-refractivity contribution in [1.29, 1.82) is 0 Å². The van der Waals surface area contributed by atoms with Crippen LogP contribution in [0.25, 0.3) is 0 Å². The zero-order valence-electron chi connectivity index (χ0n) is 11.3. The summed E-state index contributed by atoms with van der Waals surface area (Å²) in [5.41, 5.74) is 0. The second-order valence-electron chi connectivity index (χ2n) is 5.15. The monoisotopic (exact) mass is 226 g/mol. The van der Waals surface area contributed by atoms with Crippen LogP contribution in [0.2, 0.25) is 0 Å². The number of likely N-dealkylation sites (tertiary alicyclic amines) is 1. The molecule has 1 unspecified atom stereocenters. The van der Waals surface area contributed by atoms with Gasteiger partial charge < -0.3 is 10.2 Å². The first kappa shape index (κ1) is 14.0. The van der Waals surface area contributed by atoms with Crippen molar-refractivity contribution in [3.63, 3.8) is 0 Å². The highest BCUT2D eigenvalue weighted by Gasteiger charge is 2.15. The van der Waals surface area contributed by atoms with Crippen molar-refractivity contribution in [2.45, 2.75) is 64.8 Å². The van der Waals surface area contributed by atoms with Gasteiger partial charge in [-0.1, -0.05) is 26.2 Å². The Hall–Kier alpha value is -0.0800. The van der Waals surface area contributed by atoms with Gasteiger partial charge in [-0.15, -0.1) is 0 Å².